The van der Waals surface area contributed by atoms with Gasteiger partial charge in [0.1, 0.15) is 11.0 Å². The van der Waals surface area contributed by atoms with E-state index < -0.39 is 0 Å². The summed E-state index contributed by atoms with van der Waals surface area (Å²) >= 11 is 1.58. The molecule has 0 radical (unpaired) electrons. The molecule has 3 aromatic rings. The van der Waals surface area contributed by atoms with Crippen molar-refractivity contribution in [3.8, 4) is 0 Å². The molecule has 0 aliphatic heterocycles. The van der Waals surface area contributed by atoms with Crippen molar-refractivity contribution >= 4 is 17.7 Å². The third-order valence-corrected chi connectivity index (χ3v) is 5.33. The minimum atomic E-state index is -0.277. The first-order chi connectivity index (χ1) is 12.1. The fourth-order valence-corrected chi connectivity index (χ4v) is 3.79. The van der Waals surface area contributed by atoms with Gasteiger partial charge in [0, 0.05) is 24.1 Å². The van der Waals surface area contributed by atoms with E-state index in [-0.39, 0.29) is 11.2 Å². The number of benzene rings is 2. The van der Waals surface area contributed by atoms with Gasteiger partial charge in [0.15, 0.2) is 0 Å². The Balaban J connectivity index is 1.83. The molecule has 0 saturated carbocycles. The summed E-state index contributed by atoms with van der Waals surface area (Å²) in [6, 6.07) is 21.9. The average Bonchev–Trinajstić information content (AvgIpc) is 3.05. The maximum absolute atomic E-state index is 13.2. The standard InChI is InChI=1S/C21H21NO2S/c1-16-18(13-14-24-16)15-22(2)21(23)20(17-9-5-3-6-10-17)25-19-11-7-4-8-12-19/h3-14,20H,15H2,1-2H3. The average molecular weight is 351 g/mol. The van der Waals surface area contributed by atoms with Crippen LogP contribution in [0, 0.1) is 6.92 Å². The van der Waals surface area contributed by atoms with Gasteiger partial charge >= 0.3 is 0 Å². The Hall–Kier alpha value is -2.46. The SMILES string of the molecule is Cc1occc1CN(C)C(=O)C(Sc1ccccc1)c1ccccc1. The summed E-state index contributed by atoms with van der Waals surface area (Å²) in [7, 11) is 1.84. The Labute approximate surface area is 152 Å². The minimum absolute atomic E-state index is 0.0839. The molecule has 0 bridgehead atoms. The van der Waals surface area contributed by atoms with Crippen LogP contribution in [0.5, 0.6) is 0 Å². The lowest BCUT2D eigenvalue weighted by Crippen LogP contribution is -2.30. The number of aryl methyl sites for hydroxylation is 1. The zero-order chi connectivity index (χ0) is 17.6. The van der Waals surface area contributed by atoms with E-state index >= 15 is 0 Å². The number of hydrogen-bond donors (Lipinski definition) is 0. The second-order valence-electron chi connectivity index (χ2n) is 5.92. The zero-order valence-corrected chi connectivity index (χ0v) is 15.2. The Kier molecular flexibility index (Phi) is 5.61. The molecule has 0 aliphatic carbocycles. The molecule has 1 atom stereocenters. The Morgan fingerprint density at radius 3 is 2.28 bits per heavy atom. The number of hydrogen-bond acceptors (Lipinski definition) is 3. The third kappa shape index (κ3) is 4.34. The zero-order valence-electron chi connectivity index (χ0n) is 14.4. The van der Waals surface area contributed by atoms with Gasteiger partial charge in [-0.15, -0.1) is 11.8 Å². The summed E-state index contributed by atoms with van der Waals surface area (Å²) in [6.07, 6.45) is 1.66. The number of rotatable bonds is 6. The molecule has 1 amide bonds. The molecule has 128 valence electrons. The van der Waals surface area contributed by atoms with Gasteiger partial charge in [0.2, 0.25) is 5.91 Å². The Morgan fingerprint density at radius 1 is 1.04 bits per heavy atom. The van der Waals surface area contributed by atoms with Gasteiger partial charge in [-0.1, -0.05) is 48.5 Å². The molecule has 0 saturated heterocycles. The summed E-state index contributed by atoms with van der Waals surface area (Å²) in [5.74, 6) is 0.937. The highest BCUT2D eigenvalue weighted by molar-refractivity contribution is 8.00. The number of carbonyl (C=O) groups excluding carboxylic acids is 1. The maximum Gasteiger partial charge on any atom is 0.240 e. The smallest absolute Gasteiger partial charge is 0.240 e. The molecule has 3 rings (SSSR count). The number of thioether (sulfide) groups is 1. The van der Waals surface area contributed by atoms with Gasteiger partial charge in [-0.05, 0) is 30.7 Å². The molecule has 0 aliphatic rings. The van der Waals surface area contributed by atoms with Crippen molar-refractivity contribution < 1.29 is 9.21 Å². The Bertz CT molecular complexity index is 814. The molecule has 2 aromatic carbocycles. The second kappa shape index (κ2) is 8.08. The van der Waals surface area contributed by atoms with Gasteiger partial charge in [0.25, 0.3) is 0 Å². The van der Waals surface area contributed by atoms with Crippen LogP contribution in [0.25, 0.3) is 0 Å². The Morgan fingerprint density at radius 2 is 1.68 bits per heavy atom. The highest BCUT2D eigenvalue weighted by atomic mass is 32.2. The predicted molar refractivity (Wildman–Crippen MR) is 101 cm³/mol. The normalized spacial score (nSPS) is 11.9. The molecule has 4 heteroatoms. The van der Waals surface area contributed by atoms with Crippen molar-refractivity contribution in [1.82, 2.24) is 4.90 Å². The van der Waals surface area contributed by atoms with Gasteiger partial charge in [-0.25, -0.2) is 0 Å². The van der Waals surface area contributed by atoms with E-state index in [2.05, 4.69) is 0 Å². The first kappa shape index (κ1) is 17.4. The number of carbonyl (C=O) groups is 1. The molecule has 25 heavy (non-hydrogen) atoms. The number of furan rings is 1. The molecular formula is C21H21NO2S. The molecule has 0 spiro atoms. The molecule has 1 aromatic heterocycles. The highest BCUT2D eigenvalue weighted by Gasteiger charge is 2.25. The second-order valence-corrected chi connectivity index (χ2v) is 7.10. The van der Waals surface area contributed by atoms with E-state index in [9.17, 15) is 4.79 Å². The van der Waals surface area contributed by atoms with Crippen LogP contribution in [0.2, 0.25) is 0 Å². The van der Waals surface area contributed by atoms with E-state index in [1.54, 1.807) is 22.9 Å². The monoisotopic (exact) mass is 351 g/mol. The van der Waals surface area contributed by atoms with Crippen LogP contribution in [0.15, 0.2) is 82.3 Å². The van der Waals surface area contributed by atoms with Crippen LogP contribution in [-0.2, 0) is 11.3 Å². The first-order valence-electron chi connectivity index (χ1n) is 8.20. The van der Waals surface area contributed by atoms with Crippen LogP contribution in [0.1, 0.15) is 22.1 Å². The summed E-state index contributed by atoms with van der Waals surface area (Å²) < 4.78 is 5.34. The summed E-state index contributed by atoms with van der Waals surface area (Å²) in [4.78, 5) is 16.0. The largest absolute Gasteiger partial charge is 0.469 e. The predicted octanol–water partition coefficient (Wildman–Crippen LogP) is 5.08. The van der Waals surface area contributed by atoms with Crippen LogP contribution >= 0.6 is 11.8 Å². The minimum Gasteiger partial charge on any atom is -0.469 e. The lowest BCUT2D eigenvalue weighted by atomic mass is 10.1. The molecule has 3 nitrogen and oxygen atoms in total. The van der Waals surface area contributed by atoms with E-state index in [1.165, 1.54) is 0 Å². The van der Waals surface area contributed by atoms with E-state index in [4.69, 9.17) is 4.42 Å². The van der Waals surface area contributed by atoms with Gasteiger partial charge in [-0.2, -0.15) is 0 Å². The van der Waals surface area contributed by atoms with E-state index in [1.807, 2.05) is 80.7 Å². The third-order valence-electron chi connectivity index (χ3n) is 4.07. The quantitative estimate of drug-likeness (QED) is 0.581. The van der Waals surface area contributed by atoms with Crippen LogP contribution < -0.4 is 0 Å². The van der Waals surface area contributed by atoms with Gasteiger partial charge in [0.05, 0.1) is 6.26 Å². The van der Waals surface area contributed by atoms with Crippen LogP contribution in [0.3, 0.4) is 0 Å². The van der Waals surface area contributed by atoms with Gasteiger partial charge in [-0.3, -0.25) is 4.79 Å². The molecule has 0 fully saturated rings. The first-order valence-corrected chi connectivity index (χ1v) is 9.07. The lowest BCUT2D eigenvalue weighted by Gasteiger charge is -2.24. The van der Waals surface area contributed by atoms with Gasteiger partial charge < -0.3 is 9.32 Å². The van der Waals surface area contributed by atoms with Crippen molar-refractivity contribution in [3.63, 3.8) is 0 Å². The van der Waals surface area contributed by atoms with Crippen molar-refractivity contribution in [1.29, 1.82) is 0 Å². The fourth-order valence-electron chi connectivity index (χ4n) is 2.63. The molecule has 1 heterocycles. The molecule has 0 N–H and O–H groups in total. The fraction of sp³-hybridized carbons (Fsp3) is 0.190. The molecular weight excluding hydrogens is 330 g/mol. The van der Waals surface area contributed by atoms with Crippen molar-refractivity contribution in [2.45, 2.75) is 23.6 Å². The van der Waals surface area contributed by atoms with Crippen LogP contribution in [-0.4, -0.2) is 17.9 Å². The lowest BCUT2D eigenvalue weighted by molar-refractivity contribution is -0.129. The topological polar surface area (TPSA) is 33.5 Å². The summed E-state index contributed by atoms with van der Waals surface area (Å²) in [6.45, 7) is 2.46. The van der Waals surface area contributed by atoms with Crippen LogP contribution in [0.4, 0.5) is 0 Å². The van der Waals surface area contributed by atoms with Crippen molar-refractivity contribution in [3.05, 3.63) is 89.9 Å². The van der Waals surface area contributed by atoms with Crippen molar-refractivity contribution in [2.75, 3.05) is 7.05 Å². The van der Waals surface area contributed by atoms with E-state index in [0.29, 0.717) is 6.54 Å². The number of nitrogens with zero attached hydrogens (tertiary/aromatic N) is 1. The van der Waals surface area contributed by atoms with Crippen molar-refractivity contribution in [2.24, 2.45) is 0 Å². The summed E-state index contributed by atoms with van der Waals surface area (Å²) in [5.41, 5.74) is 2.05. The summed E-state index contributed by atoms with van der Waals surface area (Å²) in [5, 5.41) is -0.277. The number of likely N-dealkylation sites (N-methyl/N-ethyl adjacent to an activating group) is 1. The molecule has 1 unspecified atom stereocenters. The van der Waals surface area contributed by atoms with E-state index in [0.717, 1.165) is 21.8 Å². The highest BCUT2D eigenvalue weighted by Crippen LogP contribution is 2.36. The maximum atomic E-state index is 13.2. The number of amides is 1.